The zero-order valence-electron chi connectivity index (χ0n) is 9.20. The largest absolute Gasteiger partial charge is 0.493 e. The normalized spacial score (nSPS) is 21.3. The topological polar surface area (TPSA) is 34.1 Å². The Bertz CT molecular complexity index is 308. The summed E-state index contributed by atoms with van der Waals surface area (Å²) in [6.07, 6.45) is 6.16. The molecule has 1 aromatic rings. The fourth-order valence-electron chi connectivity index (χ4n) is 1.90. The molecule has 0 amide bonds. The number of hydrogen-bond donors (Lipinski definition) is 1. The molecule has 3 nitrogen and oxygen atoms in total. The molecule has 3 heteroatoms. The average molecular weight is 206 g/mol. The fourth-order valence-corrected chi connectivity index (χ4v) is 1.90. The van der Waals surface area contributed by atoms with E-state index in [1.807, 2.05) is 19.2 Å². The molecular formula is C12H18N2O. The molecular weight excluding hydrogens is 188 g/mol. The van der Waals surface area contributed by atoms with Gasteiger partial charge in [0.2, 0.25) is 0 Å². The summed E-state index contributed by atoms with van der Waals surface area (Å²) >= 11 is 0. The highest BCUT2D eigenvalue weighted by atomic mass is 16.5. The number of nitrogens with zero attached hydrogens (tertiary/aromatic N) is 1. The molecule has 1 aromatic heterocycles. The van der Waals surface area contributed by atoms with Crippen LogP contribution < -0.4 is 10.1 Å². The average Bonchev–Trinajstić information content (AvgIpc) is 2.29. The highest BCUT2D eigenvalue weighted by Gasteiger charge is 2.13. The third-order valence-electron chi connectivity index (χ3n) is 2.84. The number of hydrogen-bond acceptors (Lipinski definition) is 3. The molecule has 2 heterocycles. The summed E-state index contributed by atoms with van der Waals surface area (Å²) in [5, 5.41) is 3.39. The van der Waals surface area contributed by atoms with Crippen LogP contribution in [0, 0.1) is 12.8 Å². The van der Waals surface area contributed by atoms with Crippen LogP contribution in [0.2, 0.25) is 0 Å². The predicted octanol–water partition coefficient (Wildman–Crippen LogP) is 1.77. The van der Waals surface area contributed by atoms with Crippen molar-refractivity contribution < 1.29 is 4.74 Å². The van der Waals surface area contributed by atoms with Crippen molar-refractivity contribution in [2.45, 2.75) is 19.8 Å². The maximum atomic E-state index is 5.80. The second-order valence-electron chi connectivity index (χ2n) is 4.16. The summed E-state index contributed by atoms with van der Waals surface area (Å²) in [4.78, 5) is 4.05. The van der Waals surface area contributed by atoms with Crippen LogP contribution in [0.3, 0.4) is 0 Å². The minimum absolute atomic E-state index is 0.659. The van der Waals surface area contributed by atoms with Gasteiger partial charge in [0, 0.05) is 30.4 Å². The number of pyridine rings is 1. The van der Waals surface area contributed by atoms with E-state index in [9.17, 15) is 0 Å². The number of aromatic nitrogens is 1. The second-order valence-corrected chi connectivity index (χ2v) is 4.16. The van der Waals surface area contributed by atoms with E-state index in [0.29, 0.717) is 5.92 Å². The third kappa shape index (κ3) is 2.93. The van der Waals surface area contributed by atoms with E-state index in [0.717, 1.165) is 31.0 Å². The highest BCUT2D eigenvalue weighted by molar-refractivity contribution is 5.28. The SMILES string of the molecule is Cc1cnccc1OCC1CCCNC1. The van der Waals surface area contributed by atoms with Crippen molar-refractivity contribution >= 4 is 0 Å². The van der Waals surface area contributed by atoms with Gasteiger partial charge in [-0.05, 0) is 32.4 Å². The maximum Gasteiger partial charge on any atom is 0.125 e. The summed E-state index contributed by atoms with van der Waals surface area (Å²) in [7, 11) is 0. The van der Waals surface area contributed by atoms with E-state index in [-0.39, 0.29) is 0 Å². The Morgan fingerprint density at radius 3 is 3.27 bits per heavy atom. The molecule has 1 atom stereocenters. The number of ether oxygens (including phenoxy) is 1. The van der Waals surface area contributed by atoms with Crippen molar-refractivity contribution in [3.63, 3.8) is 0 Å². The minimum atomic E-state index is 0.659. The van der Waals surface area contributed by atoms with Gasteiger partial charge in [-0.1, -0.05) is 0 Å². The summed E-state index contributed by atoms with van der Waals surface area (Å²) in [5.41, 5.74) is 1.11. The Hall–Kier alpha value is -1.09. The molecule has 1 unspecified atom stereocenters. The summed E-state index contributed by atoms with van der Waals surface area (Å²) < 4.78 is 5.80. The van der Waals surface area contributed by atoms with E-state index >= 15 is 0 Å². The molecule has 1 saturated heterocycles. The Kier molecular flexibility index (Phi) is 3.56. The van der Waals surface area contributed by atoms with Gasteiger partial charge in [0.1, 0.15) is 5.75 Å². The summed E-state index contributed by atoms with van der Waals surface area (Å²) in [6.45, 7) is 5.09. The molecule has 82 valence electrons. The van der Waals surface area contributed by atoms with Crippen molar-refractivity contribution in [3.8, 4) is 5.75 Å². The van der Waals surface area contributed by atoms with Crippen LogP contribution in [0.25, 0.3) is 0 Å². The van der Waals surface area contributed by atoms with E-state index in [4.69, 9.17) is 4.74 Å². The van der Waals surface area contributed by atoms with E-state index in [1.165, 1.54) is 12.8 Å². The van der Waals surface area contributed by atoms with Crippen LogP contribution >= 0.6 is 0 Å². The molecule has 1 fully saturated rings. The number of nitrogens with one attached hydrogen (secondary N) is 1. The standard InChI is InChI=1S/C12H18N2O/c1-10-7-14-6-4-12(10)15-9-11-3-2-5-13-8-11/h4,6-7,11,13H,2-3,5,8-9H2,1H3. The van der Waals surface area contributed by atoms with Crippen LogP contribution in [0.4, 0.5) is 0 Å². The quantitative estimate of drug-likeness (QED) is 0.818. The molecule has 0 aliphatic carbocycles. The van der Waals surface area contributed by atoms with Crippen LogP contribution in [0.15, 0.2) is 18.5 Å². The molecule has 15 heavy (non-hydrogen) atoms. The van der Waals surface area contributed by atoms with Crippen LogP contribution in [-0.2, 0) is 0 Å². The lowest BCUT2D eigenvalue weighted by Gasteiger charge is -2.23. The monoisotopic (exact) mass is 206 g/mol. The molecule has 1 aliphatic heterocycles. The van der Waals surface area contributed by atoms with Crippen molar-refractivity contribution in [1.82, 2.24) is 10.3 Å². The van der Waals surface area contributed by atoms with E-state index < -0.39 is 0 Å². The Morgan fingerprint density at radius 2 is 2.53 bits per heavy atom. The van der Waals surface area contributed by atoms with Crippen LogP contribution in [0.5, 0.6) is 5.75 Å². The zero-order valence-corrected chi connectivity index (χ0v) is 9.20. The highest BCUT2D eigenvalue weighted by Crippen LogP contribution is 2.17. The van der Waals surface area contributed by atoms with Gasteiger partial charge in [0.15, 0.2) is 0 Å². The zero-order chi connectivity index (χ0) is 10.5. The minimum Gasteiger partial charge on any atom is -0.493 e. The third-order valence-corrected chi connectivity index (χ3v) is 2.84. The van der Waals surface area contributed by atoms with Gasteiger partial charge < -0.3 is 10.1 Å². The molecule has 1 N–H and O–H groups in total. The lowest BCUT2D eigenvalue weighted by atomic mass is 10.0. The number of aryl methyl sites for hydroxylation is 1. The number of rotatable bonds is 3. The second kappa shape index (κ2) is 5.12. The maximum absolute atomic E-state index is 5.80. The van der Waals surface area contributed by atoms with Crippen molar-refractivity contribution in [2.24, 2.45) is 5.92 Å². The molecule has 0 spiro atoms. The lowest BCUT2D eigenvalue weighted by Crippen LogP contribution is -2.33. The fraction of sp³-hybridized carbons (Fsp3) is 0.583. The molecule has 0 saturated carbocycles. The predicted molar refractivity (Wildman–Crippen MR) is 60.1 cm³/mol. The Labute approximate surface area is 90.9 Å². The molecule has 2 rings (SSSR count). The lowest BCUT2D eigenvalue weighted by molar-refractivity contribution is 0.217. The van der Waals surface area contributed by atoms with Crippen molar-refractivity contribution in [1.29, 1.82) is 0 Å². The first-order valence-corrected chi connectivity index (χ1v) is 5.60. The van der Waals surface area contributed by atoms with Crippen LogP contribution in [-0.4, -0.2) is 24.7 Å². The Morgan fingerprint density at radius 1 is 1.60 bits per heavy atom. The van der Waals surface area contributed by atoms with Gasteiger partial charge in [-0.25, -0.2) is 0 Å². The van der Waals surface area contributed by atoms with E-state index in [2.05, 4.69) is 10.3 Å². The van der Waals surface area contributed by atoms with Gasteiger partial charge in [0.05, 0.1) is 6.61 Å². The molecule has 0 aromatic carbocycles. The summed E-state index contributed by atoms with van der Waals surface area (Å²) in [6, 6.07) is 1.94. The van der Waals surface area contributed by atoms with Gasteiger partial charge >= 0.3 is 0 Å². The molecule has 0 bridgehead atoms. The van der Waals surface area contributed by atoms with Gasteiger partial charge in [0.25, 0.3) is 0 Å². The van der Waals surface area contributed by atoms with Gasteiger partial charge in [-0.15, -0.1) is 0 Å². The van der Waals surface area contributed by atoms with Crippen molar-refractivity contribution in [3.05, 3.63) is 24.0 Å². The van der Waals surface area contributed by atoms with Crippen LogP contribution in [0.1, 0.15) is 18.4 Å². The summed E-state index contributed by atoms with van der Waals surface area (Å²) in [5.74, 6) is 1.63. The number of piperidine rings is 1. The van der Waals surface area contributed by atoms with E-state index in [1.54, 1.807) is 6.20 Å². The molecule has 1 aliphatic rings. The van der Waals surface area contributed by atoms with Gasteiger partial charge in [-0.3, -0.25) is 4.98 Å². The first-order chi connectivity index (χ1) is 7.36. The van der Waals surface area contributed by atoms with Gasteiger partial charge in [-0.2, -0.15) is 0 Å². The smallest absolute Gasteiger partial charge is 0.125 e. The Balaban J connectivity index is 1.84. The molecule has 0 radical (unpaired) electrons. The van der Waals surface area contributed by atoms with Crippen molar-refractivity contribution in [2.75, 3.05) is 19.7 Å². The first-order valence-electron chi connectivity index (χ1n) is 5.60. The first kappa shape index (κ1) is 10.4.